The average Bonchev–Trinajstić information content (AvgIpc) is 2.99. The van der Waals surface area contributed by atoms with Crippen molar-refractivity contribution in [1.29, 1.82) is 0 Å². The lowest BCUT2D eigenvalue weighted by molar-refractivity contribution is -0.123. The number of nitrogens with zero attached hydrogens (tertiary/aromatic N) is 2. The summed E-state index contributed by atoms with van der Waals surface area (Å²) in [6.45, 7) is 10.4. The molecule has 4 rings (SSSR count). The maximum absolute atomic E-state index is 12.9. The van der Waals surface area contributed by atoms with Crippen LogP contribution >= 0.6 is 0 Å². The van der Waals surface area contributed by atoms with Gasteiger partial charge in [-0.3, -0.25) is 9.69 Å². The van der Waals surface area contributed by atoms with Crippen molar-refractivity contribution < 1.29 is 9.59 Å². The Bertz CT molecular complexity index is 1030. The molecule has 0 bridgehead atoms. The number of hydrogen-bond donors (Lipinski definition) is 1. The molecule has 0 saturated carbocycles. The molecule has 1 unspecified atom stereocenters. The normalized spacial score (nSPS) is 21.4. The lowest BCUT2D eigenvalue weighted by atomic mass is 9.79. The smallest absolute Gasteiger partial charge is 0.329 e. The molecule has 31 heavy (non-hydrogen) atoms. The van der Waals surface area contributed by atoms with E-state index in [0.29, 0.717) is 11.6 Å². The molecule has 2 aromatic carbocycles. The van der Waals surface area contributed by atoms with Gasteiger partial charge in [0.15, 0.2) is 0 Å². The number of imide groups is 1. The van der Waals surface area contributed by atoms with Gasteiger partial charge in [0.2, 0.25) is 0 Å². The molecule has 0 aromatic heterocycles. The van der Waals surface area contributed by atoms with Crippen molar-refractivity contribution in [2.24, 2.45) is 0 Å². The second kappa shape index (κ2) is 8.22. The van der Waals surface area contributed by atoms with Crippen LogP contribution in [0.15, 0.2) is 54.2 Å². The van der Waals surface area contributed by atoms with Crippen molar-refractivity contribution in [2.75, 3.05) is 11.4 Å². The highest BCUT2D eigenvalue weighted by molar-refractivity contribution is 6.13. The van der Waals surface area contributed by atoms with E-state index < -0.39 is 0 Å². The number of carbonyl (C=O) groups is 2. The fraction of sp³-hybridized carbons (Fsp3) is 0.385. The summed E-state index contributed by atoms with van der Waals surface area (Å²) < 4.78 is 0. The third-order valence-corrected chi connectivity index (χ3v) is 6.31. The minimum Gasteiger partial charge on any atom is -0.366 e. The van der Waals surface area contributed by atoms with E-state index in [0.717, 1.165) is 30.5 Å². The Morgan fingerprint density at radius 3 is 2.58 bits per heavy atom. The van der Waals surface area contributed by atoms with Crippen LogP contribution in [-0.4, -0.2) is 28.9 Å². The van der Waals surface area contributed by atoms with E-state index in [4.69, 9.17) is 0 Å². The third-order valence-electron chi connectivity index (χ3n) is 6.31. The summed E-state index contributed by atoms with van der Waals surface area (Å²) in [5.41, 5.74) is 4.89. The predicted octanol–water partition coefficient (Wildman–Crippen LogP) is 5.28. The van der Waals surface area contributed by atoms with Gasteiger partial charge in [0.25, 0.3) is 5.91 Å². The summed E-state index contributed by atoms with van der Waals surface area (Å²) in [5.74, 6) is 0.147. The fourth-order valence-corrected chi connectivity index (χ4v) is 4.89. The minimum atomic E-state index is -0.373. The van der Waals surface area contributed by atoms with Gasteiger partial charge >= 0.3 is 6.03 Å². The maximum atomic E-state index is 12.9. The molecule has 1 fully saturated rings. The third kappa shape index (κ3) is 4.09. The average molecular weight is 418 g/mol. The molecule has 2 aromatic rings. The van der Waals surface area contributed by atoms with Gasteiger partial charge in [0.1, 0.15) is 5.70 Å². The van der Waals surface area contributed by atoms with Crippen LogP contribution in [-0.2, 0) is 11.3 Å². The van der Waals surface area contributed by atoms with Crippen LogP contribution in [0.25, 0.3) is 6.08 Å². The molecule has 5 heteroatoms. The summed E-state index contributed by atoms with van der Waals surface area (Å²) >= 11 is 0. The first-order valence-corrected chi connectivity index (χ1v) is 11.1. The Kier molecular flexibility index (Phi) is 5.61. The van der Waals surface area contributed by atoms with Gasteiger partial charge in [0, 0.05) is 17.8 Å². The SMILES string of the molecule is CCCN1c2ccc(/C=C3/NC(=O)N(Cc4ccccc4)C3=O)cc2C(C)CC1(C)C. The zero-order valence-corrected chi connectivity index (χ0v) is 18.8. The second-order valence-electron chi connectivity index (χ2n) is 9.25. The van der Waals surface area contributed by atoms with Crippen LogP contribution in [0.3, 0.4) is 0 Å². The van der Waals surface area contributed by atoms with Crippen LogP contribution in [0.2, 0.25) is 0 Å². The molecule has 162 valence electrons. The molecule has 2 heterocycles. The Hall–Kier alpha value is -3.08. The van der Waals surface area contributed by atoms with Gasteiger partial charge in [0.05, 0.1) is 6.54 Å². The molecule has 1 saturated heterocycles. The summed E-state index contributed by atoms with van der Waals surface area (Å²) in [6, 6.07) is 15.6. The highest BCUT2D eigenvalue weighted by atomic mass is 16.2. The number of rotatable bonds is 5. The highest BCUT2D eigenvalue weighted by Crippen LogP contribution is 2.43. The number of hydrogen-bond acceptors (Lipinski definition) is 3. The number of fused-ring (bicyclic) bond motifs is 1. The lowest BCUT2D eigenvalue weighted by Gasteiger charge is -2.47. The summed E-state index contributed by atoms with van der Waals surface area (Å²) in [6.07, 6.45) is 3.98. The molecule has 0 spiro atoms. The van der Waals surface area contributed by atoms with E-state index in [-0.39, 0.29) is 24.0 Å². The van der Waals surface area contributed by atoms with Crippen molar-refractivity contribution in [1.82, 2.24) is 10.2 Å². The van der Waals surface area contributed by atoms with Crippen LogP contribution < -0.4 is 10.2 Å². The highest BCUT2D eigenvalue weighted by Gasteiger charge is 2.36. The molecule has 1 atom stereocenters. The first kappa shape index (κ1) is 21.2. The summed E-state index contributed by atoms with van der Waals surface area (Å²) in [4.78, 5) is 29.0. The van der Waals surface area contributed by atoms with Crippen LogP contribution in [0.5, 0.6) is 0 Å². The van der Waals surface area contributed by atoms with Gasteiger partial charge in [-0.05, 0) is 67.5 Å². The number of amides is 3. The molecule has 3 amide bonds. The van der Waals surface area contributed by atoms with Crippen LogP contribution in [0.4, 0.5) is 10.5 Å². The fourth-order valence-electron chi connectivity index (χ4n) is 4.89. The standard InChI is InChI=1S/C26H31N3O2/c1-5-13-29-23-12-11-20(14-21(23)18(2)16-26(29,3)4)15-22-24(30)28(25(31)27-22)17-19-9-7-6-8-10-19/h6-12,14-15,18H,5,13,16-17H2,1-4H3,(H,27,31)/b22-15+. The molecular weight excluding hydrogens is 386 g/mol. The number of carbonyl (C=O) groups excluding carboxylic acids is 2. The minimum absolute atomic E-state index is 0.121. The van der Waals surface area contributed by atoms with Gasteiger partial charge < -0.3 is 10.2 Å². The number of nitrogens with one attached hydrogen (secondary N) is 1. The van der Waals surface area contributed by atoms with Crippen molar-refractivity contribution in [3.63, 3.8) is 0 Å². The topological polar surface area (TPSA) is 52.7 Å². The van der Waals surface area contributed by atoms with E-state index in [1.165, 1.54) is 16.2 Å². The van der Waals surface area contributed by atoms with E-state index in [1.807, 2.05) is 36.4 Å². The number of anilines is 1. The molecule has 2 aliphatic heterocycles. The molecule has 2 aliphatic rings. The number of urea groups is 1. The van der Waals surface area contributed by atoms with E-state index >= 15 is 0 Å². The quantitative estimate of drug-likeness (QED) is 0.532. The van der Waals surface area contributed by atoms with Gasteiger partial charge in [-0.15, -0.1) is 0 Å². The molecule has 5 nitrogen and oxygen atoms in total. The molecule has 1 N–H and O–H groups in total. The second-order valence-corrected chi connectivity index (χ2v) is 9.25. The first-order chi connectivity index (χ1) is 14.8. The Balaban J connectivity index is 1.60. The Morgan fingerprint density at radius 2 is 1.87 bits per heavy atom. The molecule has 0 aliphatic carbocycles. The summed E-state index contributed by atoms with van der Waals surface area (Å²) in [5, 5.41) is 2.74. The van der Waals surface area contributed by atoms with Gasteiger partial charge in [-0.2, -0.15) is 0 Å². The lowest BCUT2D eigenvalue weighted by Crippen LogP contribution is -2.48. The van der Waals surface area contributed by atoms with Crippen molar-refractivity contribution in [3.05, 3.63) is 70.9 Å². The molecule has 0 radical (unpaired) electrons. The zero-order valence-electron chi connectivity index (χ0n) is 18.8. The largest absolute Gasteiger partial charge is 0.366 e. The summed E-state index contributed by atoms with van der Waals surface area (Å²) in [7, 11) is 0. The van der Waals surface area contributed by atoms with Crippen molar-refractivity contribution in [3.8, 4) is 0 Å². The van der Waals surface area contributed by atoms with E-state index in [9.17, 15) is 9.59 Å². The molecular formula is C26H31N3O2. The van der Waals surface area contributed by atoms with Gasteiger partial charge in [-0.25, -0.2) is 4.79 Å². The Morgan fingerprint density at radius 1 is 1.13 bits per heavy atom. The van der Waals surface area contributed by atoms with Crippen LogP contribution in [0.1, 0.15) is 63.1 Å². The van der Waals surface area contributed by atoms with Gasteiger partial charge in [-0.1, -0.05) is 50.2 Å². The Labute approximate surface area is 184 Å². The van der Waals surface area contributed by atoms with Crippen molar-refractivity contribution >= 4 is 23.7 Å². The first-order valence-electron chi connectivity index (χ1n) is 11.1. The van der Waals surface area contributed by atoms with E-state index in [2.05, 4.69) is 50.0 Å². The number of benzene rings is 2. The zero-order chi connectivity index (χ0) is 22.2. The monoisotopic (exact) mass is 417 g/mol. The van der Waals surface area contributed by atoms with Crippen LogP contribution in [0, 0.1) is 0 Å². The predicted molar refractivity (Wildman–Crippen MR) is 125 cm³/mol. The maximum Gasteiger partial charge on any atom is 0.329 e. The van der Waals surface area contributed by atoms with Crippen molar-refractivity contribution in [2.45, 2.75) is 58.5 Å². The van der Waals surface area contributed by atoms with E-state index in [1.54, 1.807) is 6.08 Å².